The van der Waals surface area contributed by atoms with E-state index in [-0.39, 0.29) is 11.1 Å². The van der Waals surface area contributed by atoms with Crippen LogP contribution in [0, 0.1) is 0 Å². The molecule has 1 heterocycles. The Morgan fingerprint density at radius 2 is 2.12 bits per heavy atom. The Morgan fingerprint density at radius 3 is 2.75 bits per heavy atom. The fourth-order valence-corrected chi connectivity index (χ4v) is 1.54. The molecule has 0 saturated heterocycles. The topological polar surface area (TPSA) is 79.4 Å². The van der Waals surface area contributed by atoms with Crippen molar-refractivity contribution in [1.82, 2.24) is 4.98 Å². The molecule has 0 aliphatic heterocycles. The molecule has 0 radical (unpaired) electrons. The lowest BCUT2D eigenvalue weighted by Gasteiger charge is -2.05. The first-order valence-electron chi connectivity index (χ1n) is 4.56. The summed E-state index contributed by atoms with van der Waals surface area (Å²) in [5.74, 6) is -0.664. The van der Waals surface area contributed by atoms with Crippen LogP contribution in [0.4, 0.5) is 0 Å². The van der Waals surface area contributed by atoms with Crippen LogP contribution in [0.15, 0.2) is 29.1 Å². The van der Waals surface area contributed by atoms with Gasteiger partial charge in [-0.3, -0.25) is 4.79 Å². The van der Waals surface area contributed by atoms with Crippen LogP contribution in [0.3, 0.4) is 0 Å². The summed E-state index contributed by atoms with van der Waals surface area (Å²) in [5, 5.41) is 9.50. The molecular weight excluding hydrogens is 210 g/mol. The number of carboxylic acids is 1. The van der Waals surface area contributed by atoms with E-state index in [0.29, 0.717) is 16.7 Å². The van der Waals surface area contributed by atoms with Crippen molar-refractivity contribution in [3.8, 4) is 5.75 Å². The standard InChI is InChI=1S/C11H9NO4/c1-16-6-4-8(11(14)15)7-2-3-10(13)12-9(7)5-6/h2-5H,1H3,(H,12,13)(H,14,15). The average molecular weight is 219 g/mol. The molecule has 2 rings (SSSR count). The third kappa shape index (κ3) is 1.63. The number of nitrogens with one attached hydrogen (secondary N) is 1. The number of fused-ring (bicyclic) bond motifs is 1. The molecule has 0 saturated carbocycles. The average Bonchev–Trinajstić information content (AvgIpc) is 2.26. The fourth-order valence-electron chi connectivity index (χ4n) is 1.54. The summed E-state index contributed by atoms with van der Waals surface area (Å²) < 4.78 is 4.97. The van der Waals surface area contributed by atoms with Crippen LogP contribution in [-0.4, -0.2) is 23.2 Å². The van der Waals surface area contributed by atoms with Crippen LogP contribution >= 0.6 is 0 Å². The van der Waals surface area contributed by atoms with Crippen LogP contribution in [0.5, 0.6) is 5.75 Å². The number of aromatic carboxylic acids is 1. The van der Waals surface area contributed by atoms with E-state index in [1.54, 1.807) is 6.07 Å². The summed E-state index contributed by atoms with van der Waals surface area (Å²) in [5.41, 5.74) is 0.270. The van der Waals surface area contributed by atoms with Crippen molar-refractivity contribution in [1.29, 1.82) is 0 Å². The van der Waals surface area contributed by atoms with E-state index < -0.39 is 5.97 Å². The monoisotopic (exact) mass is 219 g/mol. The molecule has 5 heteroatoms. The van der Waals surface area contributed by atoms with Gasteiger partial charge in [0.1, 0.15) is 5.75 Å². The largest absolute Gasteiger partial charge is 0.497 e. The summed E-state index contributed by atoms with van der Waals surface area (Å²) >= 11 is 0. The number of H-pyrrole nitrogens is 1. The molecule has 0 atom stereocenters. The summed E-state index contributed by atoms with van der Waals surface area (Å²) in [6, 6.07) is 5.78. The second-order valence-corrected chi connectivity index (χ2v) is 3.26. The van der Waals surface area contributed by atoms with E-state index in [1.165, 1.54) is 25.3 Å². The van der Waals surface area contributed by atoms with E-state index >= 15 is 0 Å². The summed E-state index contributed by atoms with van der Waals surface area (Å²) in [6.07, 6.45) is 0. The molecule has 0 spiro atoms. The Balaban J connectivity index is 2.86. The molecule has 1 aromatic carbocycles. The number of hydrogen-bond acceptors (Lipinski definition) is 3. The van der Waals surface area contributed by atoms with Gasteiger partial charge in [-0.2, -0.15) is 0 Å². The van der Waals surface area contributed by atoms with E-state index in [4.69, 9.17) is 9.84 Å². The van der Waals surface area contributed by atoms with Gasteiger partial charge in [0.25, 0.3) is 0 Å². The Kier molecular flexibility index (Phi) is 2.36. The highest BCUT2D eigenvalue weighted by Gasteiger charge is 2.11. The number of methoxy groups -OCH3 is 1. The molecular formula is C11H9NO4. The van der Waals surface area contributed by atoms with Crippen molar-refractivity contribution < 1.29 is 14.6 Å². The molecule has 2 N–H and O–H groups in total. The minimum atomic E-state index is -1.06. The van der Waals surface area contributed by atoms with Crippen LogP contribution in [0.1, 0.15) is 10.4 Å². The smallest absolute Gasteiger partial charge is 0.336 e. The van der Waals surface area contributed by atoms with E-state index in [0.717, 1.165) is 0 Å². The number of rotatable bonds is 2. The minimum Gasteiger partial charge on any atom is -0.497 e. The number of benzene rings is 1. The van der Waals surface area contributed by atoms with Crippen molar-refractivity contribution >= 4 is 16.9 Å². The van der Waals surface area contributed by atoms with Gasteiger partial charge >= 0.3 is 5.97 Å². The first-order valence-corrected chi connectivity index (χ1v) is 4.56. The first kappa shape index (κ1) is 10.2. The number of pyridine rings is 1. The summed E-state index contributed by atoms with van der Waals surface area (Å²) in [4.78, 5) is 24.7. The van der Waals surface area contributed by atoms with Crippen molar-refractivity contribution in [3.05, 3.63) is 40.2 Å². The van der Waals surface area contributed by atoms with Gasteiger partial charge in [0.15, 0.2) is 0 Å². The van der Waals surface area contributed by atoms with Crippen molar-refractivity contribution in [2.75, 3.05) is 7.11 Å². The molecule has 0 unspecified atom stereocenters. The Labute approximate surface area is 90.3 Å². The summed E-state index contributed by atoms with van der Waals surface area (Å²) in [6.45, 7) is 0. The zero-order chi connectivity index (χ0) is 11.7. The lowest BCUT2D eigenvalue weighted by molar-refractivity contribution is 0.0698. The number of carbonyl (C=O) groups is 1. The summed E-state index contributed by atoms with van der Waals surface area (Å²) in [7, 11) is 1.44. The second kappa shape index (κ2) is 3.69. The lowest BCUT2D eigenvalue weighted by atomic mass is 10.1. The normalized spacial score (nSPS) is 10.3. The number of hydrogen-bond donors (Lipinski definition) is 2. The van der Waals surface area contributed by atoms with Gasteiger partial charge in [0, 0.05) is 17.5 Å². The Morgan fingerprint density at radius 1 is 1.38 bits per heavy atom. The molecule has 0 bridgehead atoms. The third-order valence-electron chi connectivity index (χ3n) is 2.28. The van der Waals surface area contributed by atoms with Crippen LogP contribution in [0.25, 0.3) is 10.9 Å². The van der Waals surface area contributed by atoms with Crippen LogP contribution in [-0.2, 0) is 0 Å². The third-order valence-corrected chi connectivity index (χ3v) is 2.28. The molecule has 0 fully saturated rings. The molecule has 0 amide bonds. The van der Waals surface area contributed by atoms with Crippen molar-refractivity contribution in [3.63, 3.8) is 0 Å². The van der Waals surface area contributed by atoms with Gasteiger partial charge < -0.3 is 14.8 Å². The zero-order valence-corrected chi connectivity index (χ0v) is 8.48. The highest BCUT2D eigenvalue weighted by Crippen LogP contribution is 2.22. The predicted molar refractivity (Wildman–Crippen MR) is 58.1 cm³/mol. The van der Waals surface area contributed by atoms with Crippen LogP contribution in [0.2, 0.25) is 0 Å². The van der Waals surface area contributed by atoms with Gasteiger partial charge in [-0.15, -0.1) is 0 Å². The number of ether oxygens (including phenoxy) is 1. The Bertz CT molecular complexity index is 615. The minimum absolute atomic E-state index is 0.102. The van der Waals surface area contributed by atoms with Gasteiger partial charge in [-0.25, -0.2) is 4.79 Å². The maximum Gasteiger partial charge on any atom is 0.336 e. The van der Waals surface area contributed by atoms with Crippen LogP contribution < -0.4 is 10.3 Å². The van der Waals surface area contributed by atoms with E-state index in [2.05, 4.69) is 4.98 Å². The van der Waals surface area contributed by atoms with E-state index in [9.17, 15) is 9.59 Å². The quantitative estimate of drug-likeness (QED) is 0.796. The Hall–Kier alpha value is -2.30. The SMILES string of the molecule is COc1cc(C(=O)O)c2ccc(=O)[nH]c2c1. The maximum absolute atomic E-state index is 11.1. The van der Waals surface area contributed by atoms with Gasteiger partial charge in [0.05, 0.1) is 18.2 Å². The molecule has 82 valence electrons. The molecule has 16 heavy (non-hydrogen) atoms. The van der Waals surface area contributed by atoms with Gasteiger partial charge in [0.2, 0.25) is 5.56 Å². The maximum atomic E-state index is 11.1. The molecule has 5 nitrogen and oxygen atoms in total. The van der Waals surface area contributed by atoms with Crippen molar-refractivity contribution in [2.45, 2.75) is 0 Å². The predicted octanol–water partition coefficient (Wildman–Crippen LogP) is 1.23. The lowest BCUT2D eigenvalue weighted by Crippen LogP contribution is -2.06. The number of aromatic nitrogens is 1. The van der Waals surface area contributed by atoms with Gasteiger partial charge in [-0.05, 0) is 12.1 Å². The fraction of sp³-hybridized carbons (Fsp3) is 0.0909. The first-order chi connectivity index (χ1) is 7.61. The van der Waals surface area contributed by atoms with Crippen molar-refractivity contribution in [2.24, 2.45) is 0 Å². The molecule has 0 aliphatic rings. The zero-order valence-electron chi connectivity index (χ0n) is 8.48. The molecule has 1 aromatic heterocycles. The second-order valence-electron chi connectivity index (χ2n) is 3.26. The highest BCUT2D eigenvalue weighted by atomic mass is 16.5. The number of carboxylic acid groups (broad SMARTS) is 1. The van der Waals surface area contributed by atoms with Gasteiger partial charge in [-0.1, -0.05) is 0 Å². The molecule has 2 aromatic rings. The number of aromatic amines is 1. The molecule has 0 aliphatic carbocycles. The van der Waals surface area contributed by atoms with E-state index in [1.807, 2.05) is 0 Å². The highest BCUT2D eigenvalue weighted by molar-refractivity contribution is 6.03.